The van der Waals surface area contributed by atoms with E-state index in [1.807, 2.05) is 0 Å². The second-order valence-corrected chi connectivity index (χ2v) is 6.89. The van der Waals surface area contributed by atoms with Crippen LogP contribution in [-0.2, 0) is 0 Å². The van der Waals surface area contributed by atoms with Crippen LogP contribution in [0.2, 0.25) is 0 Å². The molecule has 0 aromatic heterocycles. The monoisotopic (exact) mass is 395 g/mol. The van der Waals surface area contributed by atoms with Crippen LogP contribution in [0.5, 0.6) is 17.2 Å². The van der Waals surface area contributed by atoms with Crippen LogP contribution in [0.3, 0.4) is 0 Å². The minimum Gasteiger partial charge on any atom is -0.507 e. The van der Waals surface area contributed by atoms with Crippen molar-refractivity contribution < 1.29 is 24.2 Å². The molecule has 0 spiro atoms. The normalized spacial score (nSPS) is 16.2. The summed E-state index contributed by atoms with van der Waals surface area (Å²) in [5, 5.41) is 9.96. The molecule has 2 aromatic rings. The first-order valence-electron chi connectivity index (χ1n) is 9.61. The maximum absolute atomic E-state index is 13.2. The Balaban J connectivity index is 1.82. The van der Waals surface area contributed by atoms with Gasteiger partial charge < -0.3 is 19.5 Å². The Hall–Kier alpha value is -3.28. The molecule has 1 N–H and O–H groups in total. The lowest BCUT2D eigenvalue weighted by Crippen LogP contribution is -2.47. The average Bonchev–Trinajstić information content (AvgIpc) is 2.76. The van der Waals surface area contributed by atoms with Crippen LogP contribution in [0, 0.1) is 0 Å². The third kappa shape index (κ3) is 4.26. The third-order valence-electron chi connectivity index (χ3n) is 5.20. The van der Waals surface area contributed by atoms with Gasteiger partial charge in [-0.2, -0.15) is 0 Å². The standard InChI is InChI=1S/C23H25NO5/c1-3-17-20(26)10-7-12-22(17)29-15-16-8-4-5-13-24(16)23(27)18-9-6-11-21(28-2)19(18)14-25/h3,6-7,9-12,14,16,26H,1,4-5,8,13,15H2,2H3/t16-/m1/s1. The molecule has 29 heavy (non-hydrogen) atoms. The number of amides is 1. The van der Waals surface area contributed by atoms with E-state index >= 15 is 0 Å². The largest absolute Gasteiger partial charge is 0.507 e. The SMILES string of the molecule is C=Cc1c(O)cccc1OC[C@H]1CCCCN1C(=O)c1cccc(OC)c1C=O. The first kappa shape index (κ1) is 20.5. The summed E-state index contributed by atoms with van der Waals surface area (Å²) in [6.45, 7) is 4.60. The Morgan fingerprint density at radius 3 is 2.69 bits per heavy atom. The van der Waals surface area contributed by atoms with Gasteiger partial charge >= 0.3 is 0 Å². The quantitative estimate of drug-likeness (QED) is 0.719. The van der Waals surface area contributed by atoms with Gasteiger partial charge in [0.25, 0.3) is 5.91 Å². The fraction of sp³-hybridized carbons (Fsp3) is 0.304. The second kappa shape index (κ2) is 9.28. The number of hydrogen-bond acceptors (Lipinski definition) is 5. The van der Waals surface area contributed by atoms with Gasteiger partial charge in [-0.15, -0.1) is 0 Å². The number of benzene rings is 2. The first-order valence-corrected chi connectivity index (χ1v) is 9.61. The zero-order chi connectivity index (χ0) is 20.8. The van der Waals surface area contributed by atoms with Crippen molar-refractivity contribution in [2.75, 3.05) is 20.3 Å². The molecule has 0 saturated carbocycles. The van der Waals surface area contributed by atoms with Crippen LogP contribution in [0.1, 0.15) is 45.5 Å². The molecule has 1 aliphatic heterocycles. The highest BCUT2D eigenvalue weighted by atomic mass is 16.5. The highest BCUT2D eigenvalue weighted by Crippen LogP contribution is 2.30. The van der Waals surface area contributed by atoms with Crippen LogP contribution < -0.4 is 9.47 Å². The van der Waals surface area contributed by atoms with Gasteiger partial charge in [0, 0.05) is 6.54 Å². The van der Waals surface area contributed by atoms with Crippen molar-refractivity contribution in [3.8, 4) is 17.2 Å². The maximum Gasteiger partial charge on any atom is 0.255 e. The highest BCUT2D eigenvalue weighted by molar-refractivity contribution is 6.03. The number of aromatic hydroxyl groups is 1. The van der Waals surface area contributed by atoms with Gasteiger partial charge in [-0.3, -0.25) is 9.59 Å². The predicted molar refractivity (Wildman–Crippen MR) is 111 cm³/mol. The molecule has 3 rings (SSSR count). The third-order valence-corrected chi connectivity index (χ3v) is 5.20. The molecule has 6 heteroatoms. The summed E-state index contributed by atoms with van der Waals surface area (Å²) in [7, 11) is 1.47. The van der Waals surface area contributed by atoms with E-state index < -0.39 is 0 Å². The number of likely N-dealkylation sites (tertiary alicyclic amines) is 1. The van der Waals surface area contributed by atoms with E-state index in [2.05, 4.69) is 6.58 Å². The molecule has 6 nitrogen and oxygen atoms in total. The van der Waals surface area contributed by atoms with Gasteiger partial charge in [0.15, 0.2) is 6.29 Å². The first-order chi connectivity index (χ1) is 14.1. The summed E-state index contributed by atoms with van der Waals surface area (Å²) >= 11 is 0. The molecule has 1 saturated heterocycles. The molecule has 0 unspecified atom stereocenters. The van der Waals surface area contributed by atoms with E-state index in [1.54, 1.807) is 47.4 Å². The lowest BCUT2D eigenvalue weighted by Gasteiger charge is -2.36. The minimum absolute atomic E-state index is 0.0982. The molecule has 0 radical (unpaired) electrons. The van der Waals surface area contributed by atoms with Gasteiger partial charge in [-0.05, 0) is 43.5 Å². The van der Waals surface area contributed by atoms with Crippen molar-refractivity contribution in [3.63, 3.8) is 0 Å². The van der Waals surface area contributed by atoms with Gasteiger partial charge in [0.1, 0.15) is 23.9 Å². The number of phenols is 1. The summed E-state index contributed by atoms with van der Waals surface area (Å²) < 4.78 is 11.2. The van der Waals surface area contributed by atoms with E-state index in [4.69, 9.17) is 9.47 Å². The van der Waals surface area contributed by atoms with Crippen molar-refractivity contribution in [3.05, 3.63) is 59.7 Å². The Kier molecular flexibility index (Phi) is 6.54. The van der Waals surface area contributed by atoms with Crippen LogP contribution in [0.4, 0.5) is 0 Å². The van der Waals surface area contributed by atoms with Crippen LogP contribution in [-0.4, -0.2) is 48.5 Å². The zero-order valence-corrected chi connectivity index (χ0v) is 16.5. The molecule has 0 bridgehead atoms. The van der Waals surface area contributed by atoms with Crippen molar-refractivity contribution >= 4 is 18.3 Å². The molecule has 1 fully saturated rings. The summed E-state index contributed by atoms with van der Waals surface area (Å²) in [5.74, 6) is 0.791. The molecular formula is C23H25NO5. The fourth-order valence-corrected chi connectivity index (χ4v) is 3.68. The number of aldehydes is 1. The van der Waals surface area contributed by atoms with E-state index in [0.29, 0.717) is 35.5 Å². The lowest BCUT2D eigenvalue weighted by molar-refractivity contribution is 0.0526. The van der Waals surface area contributed by atoms with E-state index in [9.17, 15) is 14.7 Å². The fourth-order valence-electron chi connectivity index (χ4n) is 3.68. The summed E-state index contributed by atoms with van der Waals surface area (Å²) in [6, 6.07) is 9.91. The zero-order valence-electron chi connectivity index (χ0n) is 16.5. The van der Waals surface area contributed by atoms with E-state index in [0.717, 1.165) is 19.3 Å². The van der Waals surface area contributed by atoms with Crippen molar-refractivity contribution in [1.29, 1.82) is 0 Å². The number of carbonyl (C=O) groups is 2. The number of nitrogens with zero attached hydrogens (tertiary/aromatic N) is 1. The number of hydrogen-bond donors (Lipinski definition) is 1. The number of methoxy groups -OCH3 is 1. The van der Waals surface area contributed by atoms with Crippen LogP contribution in [0.25, 0.3) is 6.08 Å². The van der Waals surface area contributed by atoms with Gasteiger partial charge in [-0.1, -0.05) is 24.8 Å². The maximum atomic E-state index is 13.2. The number of phenolic OH excluding ortho intramolecular Hbond substituents is 1. The summed E-state index contributed by atoms with van der Waals surface area (Å²) in [4.78, 5) is 26.6. The second-order valence-electron chi connectivity index (χ2n) is 6.89. The molecule has 1 heterocycles. The smallest absolute Gasteiger partial charge is 0.255 e. The van der Waals surface area contributed by atoms with Gasteiger partial charge in [0.05, 0.1) is 29.8 Å². The number of ether oxygens (including phenoxy) is 2. The molecule has 1 atom stereocenters. The minimum atomic E-state index is -0.209. The Bertz CT molecular complexity index is 908. The van der Waals surface area contributed by atoms with Crippen LogP contribution >= 0.6 is 0 Å². The number of piperidine rings is 1. The van der Waals surface area contributed by atoms with E-state index in [1.165, 1.54) is 7.11 Å². The number of rotatable bonds is 7. The average molecular weight is 395 g/mol. The molecular weight excluding hydrogens is 370 g/mol. The van der Waals surface area contributed by atoms with Gasteiger partial charge in [-0.25, -0.2) is 0 Å². The summed E-state index contributed by atoms with van der Waals surface area (Å²) in [6.07, 6.45) is 4.89. The summed E-state index contributed by atoms with van der Waals surface area (Å²) in [5.41, 5.74) is 1.11. The highest BCUT2D eigenvalue weighted by Gasteiger charge is 2.30. The van der Waals surface area contributed by atoms with Crippen molar-refractivity contribution in [1.82, 2.24) is 4.90 Å². The van der Waals surface area contributed by atoms with Crippen molar-refractivity contribution in [2.45, 2.75) is 25.3 Å². The molecule has 0 aliphatic carbocycles. The molecule has 152 valence electrons. The topological polar surface area (TPSA) is 76.1 Å². The predicted octanol–water partition coefficient (Wildman–Crippen LogP) is 3.93. The Morgan fingerprint density at radius 2 is 1.97 bits per heavy atom. The lowest BCUT2D eigenvalue weighted by atomic mass is 9.99. The van der Waals surface area contributed by atoms with Crippen molar-refractivity contribution in [2.24, 2.45) is 0 Å². The van der Waals surface area contributed by atoms with E-state index in [-0.39, 0.29) is 29.9 Å². The van der Waals surface area contributed by atoms with Crippen LogP contribution in [0.15, 0.2) is 43.0 Å². The molecule has 2 aromatic carbocycles. The Labute approximate surface area is 170 Å². The Morgan fingerprint density at radius 1 is 1.21 bits per heavy atom. The molecule has 1 aliphatic rings. The van der Waals surface area contributed by atoms with Gasteiger partial charge in [0.2, 0.25) is 0 Å². The molecule has 1 amide bonds. The number of carbonyl (C=O) groups excluding carboxylic acids is 2.